The zero-order valence-electron chi connectivity index (χ0n) is 11.3. The third kappa shape index (κ3) is 4.28. The first-order valence-corrected chi connectivity index (χ1v) is 7.70. The first-order valence-electron chi connectivity index (χ1n) is 6.88. The van der Waals surface area contributed by atoms with Gasteiger partial charge in [-0.2, -0.15) is 0 Å². The van der Waals surface area contributed by atoms with Crippen LogP contribution in [0.3, 0.4) is 0 Å². The topological polar surface area (TPSA) is 75.5 Å². The van der Waals surface area contributed by atoms with Crippen LogP contribution >= 0.6 is 11.3 Å². The van der Waals surface area contributed by atoms with Crippen LogP contribution in [0.1, 0.15) is 30.6 Å². The molecule has 0 aromatic carbocycles. The molecular weight excluding hydrogens is 278 g/mol. The van der Waals surface area contributed by atoms with Crippen LogP contribution in [0.15, 0.2) is 12.1 Å². The summed E-state index contributed by atoms with van der Waals surface area (Å²) in [6.07, 6.45) is 3.93. The molecule has 1 N–H and O–H groups in total. The first-order chi connectivity index (χ1) is 9.66. The average Bonchev–Trinajstić information content (AvgIpc) is 2.93. The molecule has 2 heterocycles. The van der Waals surface area contributed by atoms with Crippen LogP contribution in [-0.4, -0.2) is 35.4 Å². The summed E-state index contributed by atoms with van der Waals surface area (Å²) in [5, 5.41) is 13.9. The second kappa shape index (κ2) is 7.35. The van der Waals surface area contributed by atoms with E-state index in [4.69, 9.17) is 0 Å². The van der Waals surface area contributed by atoms with Crippen LogP contribution in [0.5, 0.6) is 0 Å². The van der Waals surface area contributed by atoms with E-state index in [-0.39, 0.29) is 15.8 Å². The Bertz CT molecular complexity index is 469. The number of amides is 1. The van der Waals surface area contributed by atoms with Crippen molar-refractivity contribution in [2.45, 2.75) is 32.2 Å². The summed E-state index contributed by atoms with van der Waals surface area (Å²) in [5.41, 5.74) is 0. The Balaban J connectivity index is 1.65. The van der Waals surface area contributed by atoms with Crippen molar-refractivity contribution >= 4 is 22.2 Å². The van der Waals surface area contributed by atoms with Gasteiger partial charge in [0.15, 0.2) is 0 Å². The number of piperidine rings is 1. The molecular formula is C13H19N3O3S. The molecule has 0 aliphatic carbocycles. The third-order valence-electron chi connectivity index (χ3n) is 3.35. The SMILES string of the molecule is O=C(CCNCc1ccc([N+](=O)[O-])s1)N1CCCCC1. The monoisotopic (exact) mass is 297 g/mol. The lowest BCUT2D eigenvalue weighted by molar-refractivity contribution is -0.380. The molecule has 20 heavy (non-hydrogen) atoms. The highest BCUT2D eigenvalue weighted by Gasteiger charge is 2.15. The van der Waals surface area contributed by atoms with Crippen LogP contribution in [0, 0.1) is 10.1 Å². The summed E-state index contributed by atoms with van der Waals surface area (Å²) in [4.78, 5) is 24.9. The molecule has 1 aliphatic heterocycles. The van der Waals surface area contributed by atoms with Crippen molar-refractivity contribution in [2.24, 2.45) is 0 Å². The smallest absolute Gasteiger partial charge is 0.324 e. The summed E-state index contributed by atoms with van der Waals surface area (Å²) >= 11 is 1.17. The minimum Gasteiger partial charge on any atom is -0.343 e. The van der Waals surface area contributed by atoms with Gasteiger partial charge >= 0.3 is 5.00 Å². The van der Waals surface area contributed by atoms with Crippen molar-refractivity contribution in [3.8, 4) is 0 Å². The van der Waals surface area contributed by atoms with Gasteiger partial charge in [0.25, 0.3) is 0 Å². The highest BCUT2D eigenvalue weighted by atomic mass is 32.1. The van der Waals surface area contributed by atoms with E-state index in [1.54, 1.807) is 6.07 Å². The number of carbonyl (C=O) groups excluding carboxylic acids is 1. The van der Waals surface area contributed by atoms with E-state index in [2.05, 4.69) is 5.32 Å². The fraction of sp³-hybridized carbons (Fsp3) is 0.615. The molecule has 0 saturated carbocycles. The van der Waals surface area contributed by atoms with E-state index in [0.29, 0.717) is 19.5 Å². The Morgan fingerprint density at radius 1 is 1.35 bits per heavy atom. The van der Waals surface area contributed by atoms with Gasteiger partial charge in [-0.15, -0.1) is 0 Å². The molecule has 0 atom stereocenters. The van der Waals surface area contributed by atoms with E-state index in [0.717, 1.165) is 30.8 Å². The highest BCUT2D eigenvalue weighted by molar-refractivity contribution is 7.15. The van der Waals surface area contributed by atoms with Crippen LogP contribution in [-0.2, 0) is 11.3 Å². The predicted octanol–water partition coefficient (Wildman–Crippen LogP) is 2.15. The maximum absolute atomic E-state index is 11.9. The molecule has 0 unspecified atom stereocenters. The quantitative estimate of drug-likeness (QED) is 0.496. The van der Waals surface area contributed by atoms with Gasteiger partial charge in [-0.25, -0.2) is 0 Å². The van der Waals surface area contributed by atoms with Gasteiger partial charge in [-0.05, 0) is 25.3 Å². The Morgan fingerprint density at radius 2 is 2.10 bits per heavy atom. The van der Waals surface area contributed by atoms with Crippen molar-refractivity contribution < 1.29 is 9.72 Å². The van der Waals surface area contributed by atoms with E-state index < -0.39 is 0 Å². The Hall–Kier alpha value is -1.47. The zero-order chi connectivity index (χ0) is 14.4. The van der Waals surface area contributed by atoms with Gasteiger partial charge in [0, 0.05) is 43.5 Å². The van der Waals surface area contributed by atoms with Crippen molar-refractivity contribution in [3.63, 3.8) is 0 Å². The summed E-state index contributed by atoms with van der Waals surface area (Å²) in [6.45, 7) is 2.96. The first kappa shape index (κ1) is 14.9. The molecule has 0 spiro atoms. The van der Waals surface area contributed by atoms with Crippen molar-refractivity contribution in [1.82, 2.24) is 10.2 Å². The lowest BCUT2D eigenvalue weighted by Gasteiger charge is -2.26. The number of hydrogen-bond donors (Lipinski definition) is 1. The number of likely N-dealkylation sites (tertiary alicyclic amines) is 1. The number of nitro groups is 1. The molecule has 1 saturated heterocycles. The minimum absolute atomic E-state index is 0.159. The maximum atomic E-state index is 11.9. The number of nitrogens with one attached hydrogen (secondary N) is 1. The Kier molecular flexibility index (Phi) is 5.49. The fourth-order valence-electron chi connectivity index (χ4n) is 2.27. The molecule has 1 amide bonds. The Morgan fingerprint density at radius 3 is 2.75 bits per heavy atom. The molecule has 6 nitrogen and oxygen atoms in total. The molecule has 110 valence electrons. The second-order valence-corrected chi connectivity index (χ2v) is 6.01. The number of rotatable bonds is 6. The largest absolute Gasteiger partial charge is 0.343 e. The molecule has 1 fully saturated rings. The van der Waals surface area contributed by atoms with Gasteiger partial charge in [0.1, 0.15) is 0 Å². The summed E-state index contributed by atoms with van der Waals surface area (Å²) in [6, 6.07) is 3.27. The summed E-state index contributed by atoms with van der Waals surface area (Å²) in [5.74, 6) is 0.203. The molecule has 0 radical (unpaired) electrons. The fourth-order valence-corrected chi connectivity index (χ4v) is 3.06. The van der Waals surface area contributed by atoms with E-state index >= 15 is 0 Å². The normalized spacial score (nSPS) is 15.3. The molecule has 2 rings (SSSR count). The predicted molar refractivity (Wildman–Crippen MR) is 77.7 cm³/mol. The lowest BCUT2D eigenvalue weighted by Crippen LogP contribution is -2.37. The highest BCUT2D eigenvalue weighted by Crippen LogP contribution is 2.23. The van der Waals surface area contributed by atoms with Crippen LogP contribution in [0.25, 0.3) is 0 Å². The number of nitrogens with zero attached hydrogens (tertiary/aromatic N) is 2. The van der Waals surface area contributed by atoms with Crippen LogP contribution in [0.4, 0.5) is 5.00 Å². The van der Waals surface area contributed by atoms with E-state index in [1.807, 2.05) is 4.90 Å². The van der Waals surface area contributed by atoms with Crippen LogP contribution in [0.2, 0.25) is 0 Å². The van der Waals surface area contributed by atoms with Gasteiger partial charge in [-0.3, -0.25) is 14.9 Å². The summed E-state index contributed by atoms with van der Waals surface area (Å²) in [7, 11) is 0. The van der Waals surface area contributed by atoms with Crippen LogP contribution < -0.4 is 5.32 Å². The lowest BCUT2D eigenvalue weighted by atomic mass is 10.1. The van der Waals surface area contributed by atoms with Gasteiger partial charge in [0.2, 0.25) is 5.91 Å². The minimum atomic E-state index is -0.381. The zero-order valence-corrected chi connectivity index (χ0v) is 12.2. The van der Waals surface area contributed by atoms with Gasteiger partial charge in [-0.1, -0.05) is 11.3 Å². The van der Waals surface area contributed by atoms with Crippen molar-refractivity contribution in [3.05, 3.63) is 27.1 Å². The molecule has 1 aromatic heterocycles. The average molecular weight is 297 g/mol. The molecule has 0 bridgehead atoms. The standard InChI is InChI=1S/C13H19N3O3S/c17-12(15-8-2-1-3-9-15)6-7-14-10-11-4-5-13(20-11)16(18)19/h4-5,14H,1-3,6-10H2. The molecule has 7 heteroatoms. The molecule has 1 aromatic rings. The third-order valence-corrected chi connectivity index (χ3v) is 4.39. The number of thiophene rings is 1. The Labute approximate surface area is 121 Å². The number of hydrogen-bond acceptors (Lipinski definition) is 5. The number of carbonyl (C=O) groups is 1. The van der Waals surface area contributed by atoms with E-state index in [1.165, 1.54) is 23.8 Å². The van der Waals surface area contributed by atoms with Crippen molar-refractivity contribution in [2.75, 3.05) is 19.6 Å². The summed E-state index contributed by atoms with van der Waals surface area (Å²) < 4.78 is 0. The van der Waals surface area contributed by atoms with Crippen molar-refractivity contribution in [1.29, 1.82) is 0 Å². The second-order valence-electron chi connectivity index (χ2n) is 4.87. The van der Waals surface area contributed by atoms with Gasteiger partial charge < -0.3 is 10.2 Å². The molecule has 1 aliphatic rings. The maximum Gasteiger partial charge on any atom is 0.324 e. The van der Waals surface area contributed by atoms with E-state index in [9.17, 15) is 14.9 Å². The van der Waals surface area contributed by atoms with Gasteiger partial charge in [0.05, 0.1) is 4.92 Å².